The predicted molar refractivity (Wildman–Crippen MR) is 108 cm³/mol. The van der Waals surface area contributed by atoms with Gasteiger partial charge in [0.05, 0.1) is 36.4 Å². The van der Waals surface area contributed by atoms with Crippen LogP contribution in [0.3, 0.4) is 0 Å². The molecule has 1 saturated heterocycles. The SMILES string of the molecule is CC(=O)NCC1CCn2ncc(C(=O)Nc3cccnc3N3CCOCC3)c2C1. The van der Waals surface area contributed by atoms with Gasteiger partial charge in [-0.05, 0) is 30.9 Å². The quantitative estimate of drug-likeness (QED) is 0.781. The summed E-state index contributed by atoms with van der Waals surface area (Å²) >= 11 is 0. The number of nitrogens with zero attached hydrogens (tertiary/aromatic N) is 4. The van der Waals surface area contributed by atoms with Crippen molar-refractivity contribution in [3.63, 3.8) is 0 Å². The van der Waals surface area contributed by atoms with Gasteiger partial charge >= 0.3 is 0 Å². The second-order valence-corrected chi connectivity index (χ2v) is 7.45. The minimum absolute atomic E-state index is 0.0331. The number of anilines is 2. The first kappa shape index (κ1) is 19.4. The van der Waals surface area contributed by atoms with Crippen LogP contribution in [0, 0.1) is 5.92 Å². The van der Waals surface area contributed by atoms with Crippen molar-refractivity contribution in [3.8, 4) is 0 Å². The van der Waals surface area contributed by atoms with E-state index in [-0.39, 0.29) is 11.8 Å². The minimum Gasteiger partial charge on any atom is -0.378 e. The van der Waals surface area contributed by atoms with E-state index in [9.17, 15) is 9.59 Å². The molecule has 2 N–H and O–H groups in total. The number of ether oxygens (including phenoxy) is 1. The molecule has 0 saturated carbocycles. The third-order valence-electron chi connectivity index (χ3n) is 5.41. The molecule has 29 heavy (non-hydrogen) atoms. The van der Waals surface area contributed by atoms with Crippen LogP contribution >= 0.6 is 0 Å². The average molecular weight is 398 g/mol. The van der Waals surface area contributed by atoms with E-state index in [1.54, 1.807) is 12.4 Å². The summed E-state index contributed by atoms with van der Waals surface area (Å²) in [5.74, 6) is 0.842. The maximum atomic E-state index is 13.0. The molecule has 0 radical (unpaired) electrons. The number of aromatic nitrogens is 3. The molecule has 154 valence electrons. The van der Waals surface area contributed by atoms with Crippen molar-refractivity contribution in [1.82, 2.24) is 20.1 Å². The summed E-state index contributed by atoms with van der Waals surface area (Å²) in [6.45, 7) is 5.67. The molecule has 2 amide bonds. The Morgan fingerprint density at radius 2 is 2.10 bits per heavy atom. The number of nitrogens with one attached hydrogen (secondary N) is 2. The number of hydrogen-bond acceptors (Lipinski definition) is 6. The molecule has 0 bridgehead atoms. The highest BCUT2D eigenvalue weighted by Gasteiger charge is 2.26. The first-order valence-electron chi connectivity index (χ1n) is 10.00. The normalized spacial score (nSPS) is 18.8. The lowest BCUT2D eigenvalue weighted by Crippen LogP contribution is -2.37. The molecule has 1 atom stereocenters. The van der Waals surface area contributed by atoms with Crippen molar-refractivity contribution < 1.29 is 14.3 Å². The number of pyridine rings is 1. The van der Waals surface area contributed by atoms with Crippen LogP contribution < -0.4 is 15.5 Å². The van der Waals surface area contributed by atoms with Crippen LogP contribution in [-0.4, -0.2) is 59.4 Å². The number of carbonyl (C=O) groups excluding carboxylic acids is 2. The zero-order valence-corrected chi connectivity index (χ0v) is 16.6. The molecule has 9 heteroatoms. The minimum atomic E-state index is -0.186. The van der Waals surface area contributed by atoms with Crippen LogP contribution in [-0.2, 0) is 22.5 Å². The Hall–Kier alpha value is -2.94. The number of amides is 2. The molecule has 4 heterocycles. The summed E-state index contributed by atoms with van der Waals surface area (Å²) < 4.78 is 7.31. The van der Waals surface area contributed by atoms with Gasteiger partial charge in [-0.15, -0.1) is 0 Å². The first-order chi connectivity index (χ1) is 14.1. The summed E-state index contributed by atoms with van der Waals surface area (Å²) in [5, 5.41) is 10.3. The molecule has 2 aromatic rings. The van der Waals surface area contributed by atoms with Gasteiger partial charge < -0.3 is 20.3 Å². The van der Waals surface area contributed by atoms with Gasteiger partial charge in [-0.2, -0.15) is 5.10 Å². The number of carbonyl (C=O) groups is 2. The van der Waals surface area contributed by atoms with Gasteiger partial charge in [-0.1, -0.05) is 0 Å². The standard InChI is InChI=1S/C20H26N6O3/c1-14(27)22-12-15-4-6-26-18(11-15)16(13-23-26)20(28)24-17-3-2-5-21-19(17)25-7-9-29-10-8-25/h2-3,5,13,15H,4,6-12H2,1H3,(H,22,27)(H,24,28). The van der Waals surface area contributed by atoms with E-state index in [4.69, 9.17) is 4.74 Å². The molecule has 9 nitrogen and oxygen atoms in total. The van der Waals surface area contributed by atoms with Crippen molar-refractivity contribution in [1.29, 1.82) is 0 Å². The summed E-state index contributed by atoms with van der Waals surface area (Å²) in [6, 6.07) is 3.68. The van der Waals surface area contributed by atoms with Crippen LogP contribution in [0.1, 0.15) is 29.4 Å². The lowest BCUT2D eigenvalue weighted by Gasteiger charge is -2.29. The van der Waals surface area contributed by atoms with Gasteiger partial charge in [0.2, 0.25) is 5.91 Å². The van der Waals surface area contributed by atoms with E-state index in [1.165, 1.54) is 6.92 Å². The molecular formula is C20H26N6O3. The number of fused-ring (bicyclic) bond motifs is 1. The monoisotopic (exact) mass is 398 g/mol. The molecule has 1 fully saturated rings. The number of rotatable bonds is 5. The summed E-state index contributed by atoms with van der Waals surface area (Å²) in [4.78, 5) is 30.9. The van der Waals surface area contributed by atoms with Gasteiger partial charge in [0.1, 0.15) is 0 Å². The fourth-order valence-corrected chi connectivity index (χ4v) is 3.86. The second kappa shape index (κ2) is 8.60. The van der Waals surface area contributed by atoms with E-state index in [0.717, 1.165) is 37.6 Å². The van der Waals surface area contributed by atoms with Crippen molar-refractivity contribution >= 4 is 23.3 Å². The summed E-state index contributed by atoms with van der Waals surface area (Å²) in [6.07, 6.45) is 5.01. The van der Waals surface area contributed by atoms with Crippen molar-refractivity contribution in [2.24, 2.45) is 5.92 Å². The maximum Gasteiger partial charge on any atom is 0.259 e. The molecule has 2 aliphatic rings. The molecule has 0 aromatic carbocycles. The number of hydrogen-bond donors (Lipinski definition) is 2. The zero-order chi connectivity index (χ0) is 20.2. The van der Waals surface area contributed by atoms with Gasteiger partial charge in [0.15, 0.2) is 5.82 Å². The predicted octanol–water partition coefficient (Wildman–Crippen LogP) is 1.07. The lowest BCUT2D eigenvalue weighted by atomic mass is 9.94. The Morgan fingerprint density at radius 3 is 2.90 bits per heavy atom. The summed E-state index contributed by atoms with van der Waals surface area (Å²) in [7, 11) is 0. The molecule has 0 spiro atoms. The van der Waals surface area contributed by atoms with Crippen LogP contribution in [0.4, 0.5) is 11.5 Å². The molecular weight excluding hydrogens is 372 g/mol. The van der Waals surface area contributed by atoms with Gasteiger partial charge in [-0.3, -0.25) is 14.3 Å². The van der Waals surface area contributed by atoms with E-state index in [1.807, 2.05) is 16.8 Å². The highest BCUT2D eigenvalue weighted by atomic mass is 16.5. The van der Waals surface area contributed by atoms with Gasteiger partial charge in [0.25, 0.3) is 5.91 Å². The van der Waals surface area contributed by atoms with E-state index < -0.39 is 0 Å². The molecule has 2 aliphatic heterocycles. The van der Waals surface area contributed by atoms with Crippen molar-refractivity contribution in [2.45, 2.75) is 26.3 Å². The van der Waals surface area contributed by atoms with Crippen LogP contribution in [0.25, 0.3) is 0 Å². The van der Waals surface area contributed by atoms with Gasteiger partial charge in [0, 0.05) is 39.3 Å². The molecule has 4 rings (SSSR count). The second-order valence-electron chi connectivity index (χ2n) is 7.45. The van der Waals surface area contributed by atoms with Crippen LogP contribution in [0.5, 0.6) is 0 Å². The Balaban J connectivity index is 1.49. The van der Waals surface area contributed by atoms with E-state index in [0.29, 0.717) is 43.3 Å². The Bertz CT molecular complexity index is 890. The Kier molecular flexibility index (Phi) is 5.75. The summed E-state index contributed by atoms with van der Waals surface area (Å²) in [5.41, 5.74) is 2.18. The first-order valence-corrected chi connectivity index (χ1v) is 10.00. The van der Waals surface area contributed by atoms with Crippen molar-refractivity contribution in [3.05, 3.63) is 35.8 Å². The van der Waals surface area contributed by atoms with Crippen LogP contribution in [0.2, 0.25) is 0 Å². The Labute approximate surface area is 169 Å². The topological polar surface area (TPSA) is 101 Å². The van der Waals surface area contributed by atoms with Gasteiger partial charge in [-0.25, -0.2) is 4.98 Å². The highest BCUT2D eigenvalue weighted by molar-refractivity contribution is 6.06. The van der Waals surface area contributed by atoms with Crippen molar-refractivity contribution in [2.75, 3.05) is 43.1 Å². The van der Waals surface area contributed by atoms with E-state index in [2.05, 4.69) is 25.6 Å². The smallest absolute Gasteiger partial charge is 0.259 e. The third kappa shape index (κ3) is 4.40. The lowest BCUT2D eigenvalue weighted by molar-refractivity contribution is -0.119. The molecule has 1 unspecified atom stereocenters. The van der Waals surface area contributed by atoms with E-state index >= 15 is 0 Å². The largest absolute Gasteiger partial charge is 0.378 e. The number of morpholine rings is 1. The molecule has 2 aromatic heterocycles. The highest BCUT2D eigenvalue weighted by Crippen LogP contribution is 2.26. The average Bonchev–Trinajstić information content (AvgIpc) is 3.16. The Morgan fingerprint density at radius 1 is 1.28 bits per heavy atom. The number of aryl methyl sites for hydroxylation is 1. The fourth-order valence-electron chi connectivity index (χ4n) is 3.86. The maximum absolute atomic E-state index is 13.0. The third-order valence-corrected chi connectivity index (χ3v) is 5.41. The fraction of sp³-hybridized carbons (Fsp3) is 0.500. The van der Waals surface area contributed by atoms with Crippen LogP contribution in [0.15, 0.2) is 24.5 Å². The zero-order valence-electron chi connectivity index (χ0n) is 16.6. The molecule has 0 aliphatic carbocycles.